The molecule has 0 spiro atoms. The Hall–Kier alpha value is -2.73. The summed E-state index contributed by atoms with van der Waals surface area (Å²) in [7, 11) is 0. The number of guanidine groups is 1. The van der Waals surface area contributed by atoms with Crippen molar-refractivity contribution in [1.29, 1.82) is 0 Å². The van der Waals surface area contributed by atoms with Crippen molar-refractivity contribution in [3.05, 3.63) is 54.1 Å². The van der Waals surface area contributed by atoms with Gasteiger partial charge in [0.05, 0.1) is 19.3 Å². The monoisotopic (exact) mass is 381 g/mol. The van der Waals surface area contributed by atoms with Gasteiger partial charge in [0, 0.05) is 37.2 Å². The van der Waals surface area contributed by atoms with Crippen LogP contribution in [0.3, 0.4) is 0 Å². The van der Waals surface area contributed by atoms with Crippen molar-refractivity contribution < 1.29 is 14.2 Å². The van der Waals surface area contributed by atoms with E-state index in [9.17, 15) is 0 Å². The summed E-state index contributed by atoms with van der Waals surface area (Å²) in [5.41, 5.74) is 8.18. The molecule has 4 rings (SSSR count). The molecule has 2 unspecified atom stereocenters. The van der Waals surface area contributed by atoms with Crippen molar-refractivity contribution in [2.24, 2.45) is 16.6 Å². The molecule has 2 aromatic carbocycles. The Morgan fingerprint density at radius 2 is 1.82 bits per heavy atom. The predicted molar refractivity (Wildman–Crippen MR) is 110 cm³/mol. The lowest BCUT2D eigenvalue weighted by Crippen LogP contribution is -2.28. The summed E-state index contributed by atoms with van der Waals surface area (Å²) in [6, 6.07) is 16.1. The summed E-state index contributed by atoms with van der Waals surface area (Å²) in [5.74, 6) is 2.22. The number of hydrogen-bond donors (Lipinski definition) is 2. The van der Waals surface area contributed by atoms with E-state index in [1.807, 2.05) is 36.4 Å². The van der Waals surface area contributed by atoms with E-state index in [4.69, 9.17) is 19.9 Å². The highest BCUT2D eigenvalue weighted by molar-refractivity contribution is 5.92. The number of benzene rings is 2. The van der Waals surface area contributed by atoms with Gasteiger partial charge < -0.3 is 25.3 Å². The molecule has 6 heteroatoms. The topological polar surface area (TPSA) is 78.1 Å². The van der Waals surface area contributed by atoms with Crippen molar-refractivity contribution in [1.82, 2.24) is 0 Å². The standard InChI is InChI=1S/C22H27N3O3/c23-22(25-18-9-10-19-20(14-18)27-13-5-12-26-19)24-15-17-8-4-11-28-21(17)16-6-2-1-3-7-16/h1-3,6-7,9-10,14,17,21H,4-5,8,11-13,15H2,(H3,23,24,25). The highest BCUT2D eigenvalue weighted by Crippen LogP contribution is 2.34. The molecule has 1 fully saturated rings. The highest BCUT2D eigenvalue weighted by Gasteiger charge is 2.27. The number of hydrogen-bond acceptors (Lipinski definition) is 4. The lowest BCUT2D eigenvalue weighted by atomic mass is 9.89. The third kappa shape index (κ3) is 4.57. The fourth-order valence-electron chi connectivity index (χ4n) is 3.69. The van der Waals surface area contributed by atoms with Gasteiger partial charge in [0.2, 0.25) is 0 Å². The van der Waals surface area contributed by atoms with Crippen LogP contribution >= 0.6 is 0 Å². The van der Waals surface area contributed by atoms with Gasteiger partial charge in [-0.3, -0.25) is 4.99 Å². The van der Waals surface area contributed by atoms with E-state index >= 15 is 0 Å². The summed E-state index contributed by atoms with van der Waals surface area (Å²) >= 11 is 0. The van der Waals surface area contributed by atoms with Gasteiger partial charge in [-0.25, -0.2) is 0 Å². The zero-order valence-corrected chi connectivity index (χ0v) is 16.0. The minimum atomic E-state index is 0.0737. The normalized spacial score (nSPS) is 22.4. The zero-order valence-electron chi connectivity index (χ0n) is 16.0. The van der Waals surface area contributed by atoms with Crippen LogP contribution in [0.4, 0.5) is 5.69 Å². The minimum Gasteiger partial charge on any atom is -0.490 e. The summed E-state index contributed by atoms with van der Waals surface area (Å²) in [6.07, 6.45) is 3.09. The minimum absolute atomic E-state index is 0.0737. The van der Waals surface area contributed by atoms with E-state index in [1.54, 1.807) is 0 Å². The molecule has 2 atom stereocenters. The summed E-state index contributed by atoms with van der Waals surface area (Å²) < 4.78 is 17.4. The average molecular weight is 381 g/mol. The number of nitrogens with two attached hydrogens (primary N) is 1. The largest absolute Gasteiger partial charge is 0.490 e. The van der Waals surface area contributed by atoms with Crippen LogP contribution in [0.1, 0.15) is 30.9 Å². The van der Waals surface area contributed by atoms with Crippen molar-refractivity contribution in [3.8, 4) is 11.5 Å². The van der Waals surface area contributed by atoms with E-state index in [0.717, 1.165) is 43.1 Å². The molecule has 3 N–H and O–H groups in total. The molecule has 0 aliphatic carbocycles. The Kier molecular flexibility index (Phi) is 5.97. The summed E-state index contributed by atoms with van der Waals surface area (Å²) in [5, 5.41) is 3.16. The molecule has 28 heavy (non-hydrogen) atoms. The van der Waals surface area contributed by atoms with E-state index in [-0.39, 0.29) is 6.10 Å². The average Bonchev–Trinajstić information content (AvgIpc) is 2.98. The smallest absolute Gasteiger partial charge is 0.193 e. The molecular weight excluding hydrogens is 354 g/mol. The number of nitrogens with zero attached hydrogens (tertiary/aromatic N) is 1. The second-order valence-electron chi connectivity index (χ2n) is 7.17. The van der Waals surface area contributed by atoms with Gasteiger partial charge in [-0.15, -0.1) is 0 Å². The summed E-state index contributed by atoms with van der Waals surface area (Å²) in [4.78, 5) is 4.58. The third-order valence-electron chi connectivity index (χ3n) is 5.09. The van der Waals surface area contributed by atoms with Crippen LogP contribution in [0.25, 0.3) is 0 Å². The quantitative estimate of drug-likeness (QED) is 0.623. The number of rotatable bonds is 4. The molecule has 0 saturated carbocycles. The first-order valence-electron chi connectivity index (χ1n) is 9.93. The number of anilines is 1. The molecule has 2 aliphatic heterocycles. The lowest BCUT2D eigenvalue weighted by molar-refractivity contribution is -0.0249. The third-order valence-corrected chi connectivity index (χ3v) is 5.09. The molecule has 0 radical (unpaired) electrons. The Morgan fingerprint density at radius 3 is 2.68 bits per heavy atom. The highest BCUT2D eigenvalue weighted by atomic mass is 16.5. The van der Waals surface area contributed by atoms with E-state index in [2.05, 4.69) is 22.4 Å². The SMILES string of the molecule is NC(=NCC1CCCOC1c1ccccc1)Nc1ccc2c(c1)OCCCO2. The van der Waals surface area contributed by atoms with Gasteiger partial charge in [-0.2, -0.15) is 0 Å². The Balaban J connectivity index is 1.40. The maximum atomic E-state index is 6.14. The Morgan fingerprint density at radius 1 is 1.00 bits per heavy atom. The molecule has 0 bridgehead atoms. The number of fused-ring (bicyclic) bond motifs is 1. The molecular formula is C22H27N3O3. The first kappa shape index (κ1) is 18.6. The maximum absolute atomic E-state index is 6.14. The van der Waals surface area contributed by atoms with Crippen LogP contribution < -0.4 is 20.5 Å². The lowest BCUT2D eigenvalue weighted by Gasteiger charge is -2.31. The van der Waals surface area contributed by atoms with Crippen LogP contribution in [-0.2, 0) is 4.74 Å². The molecule has 2 heterocycles. The predicted octanol–water partition coefficient (Wildman–Crippen LogP) is 3.74. The van der Waals surface area contributed by atoms with Crippen molar-refractivity contribution in [2.75, 3.05) is 31.7 Å². The van der Waals surface area contributed by atoms with Crippen LogP contribution in [0.5, 0.6) is 11.5 Å². The van der Waals surface area contributed by atoms with Crippen LogP contribution in [0, 0.1) is 5.92 Å². The number of nitrogens with one attached hydrogen (secondary N) is 1. The molecule has 1 saturated heterocycles. The first-order chi connectivity index (χ1) is 13.8. The fraction of sp³-hybridized carbons (Fsp3) is 0.409. The van der Waals surface area contributed by atoms with E-state index in [1.165, 1.54) is 5.56 Å². The second kappa shape index (κ2) is 8.97. The van der Waals surface area contributed by atoms with E-state index in [0.29, 0.717) is 31.6 Å². The van der Waals surface area contributed by atoms with Crippen LogP contribution in [-0.4, -0.2) is 32.3 Å². The Labute approximate surface area is 165 Å². The Bertz CT molecular complexity index is 810. The van der Waals surface area contributed by atoms with Gasteiger partial charge in [-0.05, 0) is 30.5 Å². The fourth-order valence-corrected chi connectivity index (χ4v) is 3.69. The number of ether oxygens (including phenoxy) is 3. The second-order valence-corrected chi connectivity index (χ2v) is 7.17. The van der Waals surface area contributed by atoms with Crippen LogP contribution in [0.2, 0.25) is 0 Å². The zero-order chi connectivity index (χ0) is 19.2. The van der Waals surface area contributed by atoms with Gasteiger partial charge in [0.15, 0.2) is 17.5 Å². The molecule has 0 amide bonds. The van der Waals surface area contributed by atoms with Crippen LogP contribution in [0.15, 0.2) is 53.5 Å². The first-order valence-corrected chi connectivity index (χ1v) is 9.93. The van der Waals surface area contributed by atoms with Gasteiger partial charge >= 0.3 is 0 Å². The molecule has 2 aromatic rings. The summed E-state index contributed by atoms with van der Waals surface area (Å²) in [6.45, 7) is 2.76. The van der Waals surface area contributed by atoms with Gasteiger partial charge in [0.25, 0.3) is 0 Å². The molecule has 6 nitrogen and oxygen atoms in total. The van der Waals surface area contributed by atoms with Crippen molar-refractivity contribution >= 4 is 11.6 Å². The molecule has 2 aliphatic rings. The number of aliphatic imine (C=N–C) groups is 1. The van der Waals surface area contributed by atoms with E-state index < -0.39 is 0 Å². The van der Waals surface area contributed by atoms with Gasteiger partial charge in [0.1, 0.15) is 0 Å². The van der Waals surface area contributed by atoms with Crippen molar-refractivity contribution in [3.63, 3.8) is 0 Å². The van der Waals surface area contributed by atoms with Gasteiger partial charge in [-0.1, -0.05) is 30.3 Å². The molecule has 0 aromatic heterocycles. The van der Waals surface area contributed by atoms with Crippen molar-refractivity contribution in [2.45, 2.75) is 25.4 Å². The molecule has 148 valence electrons. The maximum Gasteiger partial charge on any atom is 0.193 e.